The van der Waals surface area contributed by atoms with E-state index in [1.54, 1.807) is 63.6 Å². The molecule has 0 aromatic carbocycles. The van der Waals surface area contributed by atoms with Crippen molar-refractivity contribution in [3.8, 4) is 63.5 Å². The topological polar surface area (TPSA) is 259 Å². The molecule has 11 fully saturated rings. The predicted octanol–water partition coefficient (Wildman–Crippen LogP) is 13.5. The van der Waals surface area contributed by atoms with Crippen LogP contribution in [0.1, 0.15) is 123 Å². The molecule has 9 saturated heterocycles. The highest BCUT2D eigenvalue weighted by Gasteiger charge is 2.49. The van der Waals surface area contributed by atoms with Crippen LogP contribution in [-0.2, 0) is 17.9 Å². The molecule has 11 aromatic rings. The van der Waals surface area contributed by atoms with Crippen molar-refractivity contribution in [1.29, 1.82) is 15.8 Å². The number of halogens is 6. The van der Waals surface area contributed by atoms with Crippen LogP contribution in [0.2, 0.25) is 0 Å². The average molecular weight is 1590 g/mol. The molecule has 5 unspecified atom stereocenters. The number of nitrogens with zero attached hydrogens (tertiary/aromatic N) is 22. The molecule has 0 amide bonds. The van der Waals surface area contributed by atoms with E-state index >= 15 is 0 Å². The van der Waals surface area contributed by atoms with Crippen LogP contribution in [0.4, 0.5) is 55.2 Å². The second-order valence-electron chi connectivity index (χ2n) is 32.6. The number of piperidine rings is 3. The Morgan fingerprint density at radius 2 is 0.991 bits per heavy atom. The second-order valence-corrected chi connectivity index (χ2v) is 32.6. The minimum atomic E-state index is -2.71. The van der Waals surface area contributed by atoms with E-state index in [4.69, 9.17) is 29.4 Å². The largest absolute Gasteiger partial charge is 0.481 e. The minimum Gasteiger partial charge on any atom is -0.481 e. The van der Waals surface area contributed by atoms with Gasteiger partial charge in [-0.05, 0) is 116 Å². The summed E-state index contributed by atoms with van der Waals surface area (Å²) in [6.07, 6.45) is 27.1. The number of ketones is 1. The van der Waals surface area contributed by atoms with E-state index in [9.17, 15) is 46.9 Å². The molecule has 25 nitrogen and oxygen atoms in total. The van der Waals surface area contributed by atoms with Crippen LogP contribution in [0.3, 0.4) is 0 Å². The van der Waals surface area contributed by atoms with Gasteiger partial charge >= 0.3 is 0 Å². The highest BCUT2D eigenvalue weighted by atomic mass is 19.3. The molecule has 0 spiro atoms. The van der Waals surface area contributed by atoms with Crippen LogP contribution in [-0.4, -0.2) is 196 Å². The van der Waals surface area contributed by atoms with E-state index in [0.717, 1.165) is 141 Å². The average Bonchev–Trinajstić information content (AvgIpc) is 1.68. The van der Waals surface area contributed by atoms with Gasteiger partial charge in [0.05, 0.1) is 114 Å². The highest BCUT2D eigenvalue weighted by molar-refractivity contribution is 5.89. The van der Waals surface area contributed by atoms with Crippen molar-refractivity contribution >= 4 is 51.2 Å². The molecule has 2 saturated carbocycles. The number of carbonyl (C=O) groups is 1. The quantitative estimate of drug-likeness (QED) is 0.0723. The zero-order valence-electron chi connectivity index (χ0n) is 64.8. The summed E-state index contributed by atoms with van der Waals surface area (Å²) in [7, 11) is 3.24. The molecule has 5 atom stereocenters. The van der Waals surface area contributed by atoms with Gasteiger partial charge < -0.3 is 34.0 Å². The number of fused-ring (bicyclic) bond motifs is 7. The monoisotopic (exact) mass is 1590 g/mol. The Labute approximate surface area is 671 Å². The molecule has 22 rings (SSSR count). The first-order valence-electron chi connectivity index (χ1n) is 40.1. The number of rotatable bonds is 18. The molecule has 117 heavy (non-hydrogen) atoms. The summed E-state index contributed by atoms with van der Waals surface area (Å²) in [6.45, 7) is 8.67. The predicted molar refractivity (Wildman–Crippen MR) is 426 cm³/mol. The van der Waals surface area contributed by atoms with Gasteiger partial charge in [-0.1, -0.05) is 12.1 Å². The fourth-order valence-corrected chi connectivity index (χ4v) is 18.8. The fraction of sp³-hybridized carbons (Fsp3) is 0.430. The number of hydrogen-bond donors (Lipinski definition) is 0. The van der Waals surface area contributed by atoms with Crippen molar-refractivity contribution in [3.63, 3.8) is 0 Å². The van der Waals surface area contributed by atoms with Crippen molar-refractivity contribution in [1.82, 2.24) is 68.5 Å². The van der Waals surface area contributed by atoms with Crippen molar-refractivity contribution in [2.75, 3.05) is 104 Å². The van der Waals surface area contributed by atoms with Crippen LogP contribution in [0.25, 0.3) is 50.1 Å². The number of piperazine rings is 2. The molecule has 11 aliphatic rings. The number of Topliss-reactive ketones (excluding diaryl/α,β-unsaturated/α-hetero) is 1. The first kappa shape index (κ1) is 76.3. The number of anilines is 5. The van der Waals surface area contributed by atoms with Gasteiger partial charge in [0.25, 0.3) is 5.92 Å². The zero-order valence-corrected chi connectivity index (χ0v) is 64.8. The molecular formula is C86H86F6N22O3. The van der Waals surface area contributed by atoms with Crippen molar-refractivity contribution in [2.24, 2.45) is 11.8 Å². The summed E-state index contributed by atoms with van der Waals surface area (Å²) in [5, 5.41) is 42.1. The molecule has 20 heterocycles. The van der Waals surface area contributed by atoms with E-state index < -0.39 is 17.8 Å². The van der Waals surface area contributed by atoms with Gasteiger partial charge in [-0.2, -0.15) is 31.1 Å². The summed E-state index contributed by atoms with van der Waals surface area (Å²) in [5.74, 6) is -4.45. The van der Waals surface area contributed by atoms with Gasteiger partial charge in [0.1, 0.15) is 41.4 Å². The van der Waals surface area contributed by atoms with Gasteiger partial charge in [0.2, 0.25) is 23.6 Å². The van der Waals surface area contributed by atoms with E-state index in [0.29, 0.717) is 87.0 Å². The third kappa shape index (κ3) is 15.5. The van der Waals surface area contributed by atoms with Crippen molar-refractivity contribution < 1.29 is 40.6 Å². The van der Waals surface area contributed by atoms with Crippen molar-refractivity contribution in [2.45, 2.75) is 144 Å². The van der Waals surface area contributed by atoms with Crippen LogP contribution >= 0.6 is 0 Å². The molecule has 4 bridgehead atoms. The lowest BCUT2D eigenvalue weighted by atomic mass is 9.76. The maximum absolute atomic E-state index is 14.0. The van der Waals surface area contributed by atoms with Gasteiger partial charge in [-0.15, -0.1) is 0 Å². The highest BCUT2D eigenvalue weighted by Crippen LogP contribution is 2.48. The Hall–Kier alpha value is -12.0. The van der Waals surface area contributed by atoms with Gasteiger partial charge in [0.15, 0.2) is 0 Å². The lowest BCUT2D eigenvalue weighted by Crippen LogP contribution is -2.68. The van der Waals surface area contributed by atoms with E-state index in [-0.39, 0.29) is 75.2 Å². The first-order valence-corrected chi connectivity index (χ1v) is 40.1. The Balaban J connectivity index is 0.000000121. The summed E-state index contributed by atoms with van der Waals surface area (Å²) in [6, 6.07) is 30.3. The Morgan fingerprint density at radius 1 is 0.479 bits per heavy atom. The zero-order chi connectivity index (χ0) is 80.4. The Morgan fingerprint density at radius 3 is 1.44 bits per heavy atom. The smallest absolute Gasteiger partial charge is 0.266 e. The van der Waals surface area contributed by atoms with Crippen LogP contribution in [0, 0.1) is 45.8 Å². The van der Waals surface area contributed by atoms with Crippen LogP contribution < -0.4 is 34.0 Å². The molecule has 9 aliphatic heterocycles. The van der Waals surface area contributed by atoms with E-state index in [2.05, 4.69) is 91.1 Å². The van der Waals surface area contributed by atoms with Crippen LogP contribution in [0.15, 0.2) is 141 Å². The number of alkyl halides is 6. The Kier molecular flexibility index (Phi) is 20.4. The number of pyridine rings is 7. The molecule has 0 N–H and O–H groups in total. The second kappa shape index (κ2) is 31.2. The number of carbonyl (C=O) groups excluding carboxylic acids is 1. The maximum atomic E-state index is 14.0. The number of ether oxygens (including phenoxy) is 2. The first-order chi connectivity index (χ1) is 56.7. The Bertz CT molecular complexity index is 5360. The summed E-state index contributed by atoms with van der Waals surface area (Å²) in [4.78, 5) is 56.1. The fourth-order valence-electron chi connectivity index (χ4n) is 18.8. The number of nitriles is 3. The van der Waals surface area contributed by atoms with E-state index in [1.807, 2.05) is 79.5 Å². The van der Waals surface area contributed by atoms with Gasteiger partial charge in [-0.25, -0.2) is 64.8 Å². The molecule has 2 aliphatic carbocycles. The number of aromatic nitrogens is 12. The molecule has 0 radical (unpaired) electrons. The third-order valence-electron chi connectivity index (χ3n) is 25.1. The minimum absolute atomic E-state index is 0.0439. The van der Waals surface area contributed by atoms with Crippen LogP contribution in [0.5, 0.6) is 11.8 Å². The summed E-state index contributed by atoms with van der Waals surface area (Å²) >= 11 is 0. The lowest BCUT2D eigenvalue weighted by Gasteiger charge is -2.56. The normalized spacial score (nSPS) is 22.0. The molecule has 11 aromatic heterocycles. The summed E-state index contributed by atoms with van der Waals surface area (Å²) in [5.41, 5.74) is 13.0. The van der Waals surface area contributed by atoms with Gasteiger partial charge in [0, 0.05) is 212 Å². The SMILES string of the molecule is COc1ccc(CN2C3CC2CN(c2ccc(-c4cc(N5CCC(F)(F)C5)cn5ncc(C#N)c45)cn2)C3)cn1.COc1ccc(CN2C3CC2CN(c2cnc(-c4cc(C5CCC(F)(F)C5)cn5ncc(C#N)c45)cn2)C3)cn1.N#Cc1cnn2cc(N3CCCC3)cc(-c3ccc(N4CCC(C(=O)CC5CC(F)(F)C5)CC4)nc3)c12. The standard InChI is InChI=1S/2C29H28F2N8O.C28H30F2N6O/c1-40-27-5-2-19(11-34-27)14-38-23-8-24(38)16-37(15-23)26-4-3-20(12-33-26)25-9-22(36-7-6-29(30,31)18-36)17-39-28(25)21(10-32)13-35-39;1-40-27-3-2-18(10-35-27)14-38-22-7-23(38)17-37(16-22)26-13-33-25(12-34-26)24-6-20(19-4-5-29(30,31)8-19)15-39-28(24)21(9-32)11-36-39;29-28(30)13-19(14-28)11-25(37)20-5-9-35(10-6-20)26-4-3-21(16-32-26)24-12-23(34-7-1-2-8-34)18-36-27(24)22(15-31)17-33-36/h2-5,9,11-13,17,23-24H,6-8,14-16,18H2,1H3;2-3,6,10-13,15,19,22-23H,4-5,7-8,14,16-17H2,1H3;3-4,12,16-20H,1-2,5-11,13-14H2. The number of methoxy groups -OCH3 is 2. The molecule has 31 heteroatoms. The molecule has 600 valence electrons. The lowest BCUT2D eigenvalue weighted by molar-refractivity contribution is -0.135. The van der Waals surface area contributed by atoms with Gasteiger partial charge in [-0.3, -0.25) is 19.6 Å². The number of hydrogen-bond acceptors (Lipinski definition) is 22. The van der Waals surface area contributed by atoms with E-state index in [1.165, 1.54) is 42.8 Å². The maximum Gasteiger partial charge on any atom is 0.266 e. The summed E-state index contributed by atoms with van der Waals surface area (Å²) < 4.78 is 97.4. The third-order valence-corrected chi connectivity index (χ3v) is 25.1. The van der Waals surface area contributed by atoms with Crippen molar-refractivity contribution in [3.05, 3.63) is 174 Å². The molecular weight excluding hydrogens is 1500 g/mol.